The summed E-state index contributed by atoms with van der Waals surface area (Å²) < 4.78 is 0. The summed E-state index contributed by atoms with van der Waals surface area (Å²) in [4.78, 5) is 11.8. The first-order valence-electron chi connectivity index (χ1n) is 5.39. The van der Waals surface area contributed by atoms with Crippen LogP contribution in [0.1, 0.15) is 27.2 Å². The molecular weight excluding hydrogens is 208 g/mol. The van der Waals surface area contributed by atoms with Gasteiger partial charge in [-0.1, -0.05) is 20.8 Å². The molecule has 0 bridgehead atoms. The molecule has 1 atom stereocenters. The largest absolute Gasteiger partial charge is 0.394 e. The molecule has 3 N–H and O–H groups in total. The lowest BCUT2D eigenvalue weighted by atomic mass is 9.93. The van der Waals surface area contributed by atoms with Gasteiger partial charge < -0.3 is 15.5 Å². The highest BCUT2D eigenvalue weighted by Gasteiger charge is 2.32. The number of rotatable bonds is 6. The smallest absolute Gasteiger partial charge is 0.238 e. The number of amides is 1. The van der Waals surface area contributed by atoms with Crippen molar-refractivity contribution in [2.45, 2.75) is 32.7 Å². The van der Waals surface area contributed by atoms with E-state index in [9.17, 15) is 4.79 Å². The first-order chi connectivity index (χ1) is 7.46. The minimum atomic E-state index is -1.03. The van der Waals surface area contributed by atoms with Crippen LogP contribution in [0.25, 0.3) is 0 Å². The van der Waals surface area contributed by atoms with E-state index in [1.54, 1.807) is 20.8 Å². The molecular formula is C11H20N2O3. The van der Waals surface area contributed by atoms with Gasteiger partial charge in [0.25, 0.3) is 0 Å². The highest BCUT2D eigenvalue weighted by molar-refractivity contribution is 5.82. The molecule has 0 saturated heterocycles. The molecule has 92 valence electrons. The molecule has 0 aromatic rings. The van der Waals surface area contributed by atoms with Crippen LogP contribution in [0.15, 0.2) is 0 Å². The predicted molar refractivity (Wildman–Crippen MR) is 59.3 cm³/mol. The lowest BCUT2D eigenvalue weighted by Gasteiger charge is -2.31. The van der Waals surface area contributed by atoms with E-state index in [0.717, 1.165) is 0 Å². The maximum atomic E-state index is 11.8. The summed E-state index contributed by atoms with van der Waals surface area (Å²) >= 11 is 0. The molecule has 0 rings (SSSR count). The maximum Gasteiger partial charge on any atom is 0.238 e. The fourth-order valence-electron chi connectivity index (χ4n) is 1.29. The minimum Gasteiger partial charge on any atom is -0.394 e. The molecule has 0 aliphatic heterocycles. The number of nitrogens with one attached hydrogen (secondary N) is 1. The third kappa shape index (κ3) is 3.47. The number of nitrogens with zero attached hydrogens (tertiary/aromatic N) is 1. The summed E-state index contributed by atoms with van der Waals surface area (Å²) in [6, 6.07) is 1.92. The van der Waals surface area contributed by atoms with E-state index in [4.69, 9.17) is 15.5 Å². The van der Waals surface area contributed by atoms with Gasteiger partial charge in [-0.3, -0.25) is 4.79 Å². The van der Waals surface area contributed by atoms with Crippen molar-refractivity contribution in [3.05, 3.63) is 0 Å². The van der Waals surface area contributed by atoms with Gasteiger partial charge in [-0.15, -0.1) is 0 Å². The van der Waals surface area contributed by atoms with E-state index >= 15 is 0 Å². The van der Waals surface area contributed by atoms with Crippen LogP contribution in [-0.2, 0) is 4.79 Å². The normalized spacial score (nSPS) is 13.3. The van der Waals surface area contributed by atoms with Gasteiger partial charge in [0.15, 0.2) is 0 Å². The maximum absolute atomic E-state index is 11.8. The lowest BCUT2D eigenvalue weighted by molar-refractivity contribution is -0.127. The first kappa shape index (κ1) is 14.9. The molecule has 1 unspecified atom stereocenters. The summed E-state index contributed by atoms with van der Waals surface area (Å²) in [5.74, 6) is -1.30. The highest BCUT2D eigenvalue weighted by Crippen LogP contribution is 2.14. The Bertz CT molecular complexity index is 259. The van der Waals surface area contributed by atoms with Crippen LogP contribution in [0.4, 0.5) is 0 Å². The van der Waals surface area contributed by atoms with Crippen molar-refractivity contribution in [2.75, 3.05) is 13.2 Å². The Morgan fingerprint density at radius 2 is 1.94 bits per heavy atom. The number of hydrogen-bond acceptors (Lipinski definition) is 4. The van der Waals surface area contributed by atoms with Gasteiger partial charge in [0.05, 0.1) is 24.8 Å². The number of aliphatic hydroxyl groups is 2. The van der Waals surface area contributed by atoms with Crippen LogP contribution in [0, 0.1) is 23.2 Å². The Morgan fingerprint density at radius 1 is 1.44 bits per heavy atom. The predicted octanol–water partition coefficient (Wildman–Crippen LogP) is 0.0318. The van der Waals surface area contributed by atoms with Crippen molar-refractivity contribution in [2.24, 2.45) is 11.8 Å². The molecule has 16 heavy (non-hydrogen) atoms. The zero-order valence-electron chi connectivity index (χ0n) is 10.0. The Labute approximate surface area is 96.1 Å². The number of aliphatic hydroxyl groups excluding tert-OH is 2. The molecule has 5 heteroatoms. The third-order valence-electron chi connectivity index (χ3n) is 2.76. The molecule has 0 spiro atoms. The zero-order valence-corrected chi connectivity index (χ0v) is 10.0. The third-order valence-corrected chi connectivity index (χ3v) is 2.76. The molecule has 1 amide bonds. The van der Waals surface area contributed by atoms with Crippen LogP contribution in [-0.4, -0.2) is 34.9 Å². The molecule has 0 fully saturated rings. The quantitative estimate of drug-likeness (QED) is 0.598. The molecule has 0 saturated carbocycles. The molecule has 5 nitrogen and oxygen atoms in total. The van der Waals surface area contributed by atoms with Crippen LogP contribution in [0.5, 0.6) is 0 Å². The minimum absolute atomic E-state index is 0.100. The molecule has 0 aromatic carbocycles. The van der Waals surface area contributed by atoms with Gasteiger partial charge in [-0.05, 0) is 12.3 Å². The Kier molecular flexibility index (Phi) is 6.01. The summed E-state index contributed by atoms with van der Waals surface area (Å²) in [6.07, 6.45) is 0.405. The average Bonchev–Trinajstić information content (AvgIpc) is 2.26. The fourth-order valence-corrected chi connectivity index (χ4v) is 1.29. The summed E-state index contributed by atoms with van der Waals surface area (Å²) in [5.41, 5.74) is -1.03. The topological polar surface area (TPSA) is 93.3 Å². The summed E-state index contributed by atoms with van der Waals surface area (Å²) in [6.45, 7) is 4.62. The second-order valence-electron chi connectivity index (χ2n) is 4.29. The Balaban J connectivity index is 4.70. The van der Waals surface area contributed by atoms with Gasteiger partial charge in [0.1, 0.15) is 5.92 Å². The fraction of sp³-hybridized carbons (Fsp3) is 0.818. The SMILES string of the molecule is CCC(CO)(CO)NC(=O)C(C#N)C(C)C. The summed E-state index contributed by atoms with van der Waals surface area (Å²) in [7, 11) is 0. The van der Waals surface area contributed by atoms with E-state index in [-0.39, 0.29) is 19.1 Å². The van der Waals surface area contributed by atoms with E-state index < -0.39 is 17.4 Å². The van der Waals surface area contributed by atoms with Crippen molar-refractivity contribution in [3.8, 4) is 6.07 Å². The zero-order chi connectivity index (χ0) is 12.8. The molecule has 0 heterocycles. The van der Waals surface area contributed by atoms with E-state index in [1.165, 1.54) is 0 Å². The van der Waals surface area contributed by atoms with Crippen LogP contribution >= 0.6 is 0 Å². The Morgan fingerprint density at radius 3 is 2.19 bits per heavy atom. The lowest BCUT2D eigenvalue weighted by Crippen LogP contribution is -2.55. The van der Waals surface area contributed by atoms with Crippen molar-refractivity contribution < 1.29 is 15.0 Å². The van der Waals surface area contributed by atoms with E-state index in [0.29, 0.717) is 6.42 Å². The Hall–Kier alpha value is -1.12. The van der Waals surface area contributed by atoms with Crippen molar-refractivity contribution in [1.82, 2.24) is 5.32 Å². The van der Waals surface area contributed by atoms with Gasteiger partial charge in [0.2, 0.25) is 5.91 Å². The number of nitriles is 1. The van der Waals surface area contributed by atoms with Crippen molar-refractivity contribution in [1.29, 1.82) is 5.26 Å². The van der Waals surface area contributed by atoms with Gasteiger partial charge >= 0.3 is 0 Å². The number of hydrogen-bond donors (Lipinski definition) is 3. The monoisotopic (exact) mass is 228 g/mol. The standard InChI is InChI=1S/C11H20N2O3/c1-4-11(6-14,7-15)13-10(16)9(5-12)8(2)3/h8-9,14-15H,4,6-7H2,1-3H3,(H,13,16). The van der Waals surface area contributed by atoms with Crippen molar-refractivity contribution >= 4 is 5.91 Å². The van der Waals surface area contributed by atoms with E-state index in [2.05, 4.69) is 5.32 Å². The molecule has 0 aliphatic carbocycles. The van der Waals surface area contributed by atoms with Gasteiger partial charge in [0, 0.05) is 0 Å². The average molecular weight is 228 g/mol. The second kappa shape index (κ2) is 6.46. The highest BCUT2D eigenvalue weighted by atomic mass is 16.3. The number of carbonyl (C=O) groups excluding carboxylic acids is 1. The van der Waals surface area contributed by atoms with Crippen LogP contribution in [0.3, 0.4) is 0 Å². The van der Waals surface area contributed by atoms with Crippen LogP contribution < -0.4 is 5.32 Å². The first-order valence-corrected chi connectivity index (χ1v) is 5.39. The van der Waals surface area contributed by atoms with Gasteiger partial charge in [-0.2, -0.15) is 5.26 Å². The van der Waals surface area contributed by atoms with Gasteiger partial charge in [-0.25, -0.2) is 0 Å². The molecule has 0 aromatic heterocycles. The summed E-state index contributed by atoms with van der Waals surface area (Å²) in [5, 5.41) is 29.7. The van der Waals surface area contributed by atoms with Crippen molar-refractivity contribution in [3.63, 3.8) is 0 Å². The molecule has 0 aliphatic rings. The number of carbonyl (C=O) groups is 1. The van der Waals surface area contributed by atoms with E-state index in [1.807, 2.05) is 6.07 Å². The van der Waals surface area contributed by atoms with Crippen LogP contribution in [0.2, 0.25) is 0 Å². The molecule has 0 radical (unpaired) electrons. The second-order valence-corrected chi connectivity index (χ2v) is 4.29.